The minimum Gasteiger partial charge on any atom is -0.493 e. The number of hydrogen-bond donors (Lipinski definition) is 2. The fourth-order valence-electron chi connectivity index (χ4n) is 1.95. The summed E-state index contributed by atoms with van der Waals surface area (Å²) in [5.41, 5.74) is 0. The van der Waals surface area contributed by atoms with Gasteiger partial charge in [0.15, 0.2) is 0 Å². The molecular weight excluding hydrogens is 263 g/mol. The van der Waals surface area contributed by atoms with Gasteiger partial charge in [-0.05, 0) is 30.7 Å². The zero-order valence-corrected chi connectivity index (χ0v) is 11.0. The zero-order chi connectivity index (χ0) is 14.4. The average Bonchev–Trinajstić information content (AvgIpc) is 2.44. The molecule has 0 spiro atoms. The van der Waals surface area contributed by atoms with E-state index < -0.39 is 0 Å². The zero-order valence-electron chi connectivity index (χ0n) is 11.0. The van der Waals surface area contributed by atoms with E-state index in [1.807, 2.05) is 0 Å². The highest BCUT2D eigenvalue weighted by Gasteiger charge is 2.19. The van der Waals surface area contributed by atoms with Gasteiger partial charge in [0, 0.05) is 19.0 Å². The van der Waals surface area contributed by atoms with Crippen LogP contribution in [0.15, 0.2) is 24.3 Å². The number of ether oxygens (including phenoxy) is 1. The van der Waals surface area contributed by atoms with Crippen LogP contribution in [0.4, 0.5) is 4.39 Å². The number of rotatable bonds is 5. The topological polar surface area (TPSA) is 67.4 Å². The highest BCUT2D eigenvalue weighted by molar-refractivity contribution is 5.79. The highest BCUT2D eigenvalue weighted by atomic mass is 19.1. The Kier molecular flexibility index (Phi) is 4.92. The molecule has 0 aliphatic carbocycles. The second kappa shape index (κ2) is 6.88. The van der Waals surface area contributed by atoms with Crippen molar-refractivity contribution in [2.24, 2.45) is 0 Å². The molecule has 1 unspecified atom stereocenters. The second-order valence-corrected chi connectivity index (χ2v) is 4.66. The first-order valence-electron chi connectivity index (χ1n) is 6.58. The van der Waals surface area contributed by atoms with Gasteiger partial charge in [-0.15, -0.1) is 0 Å². The fourth-order valence-corrected chi connectivity index (χ4v) is 1.95. The molecule has 0 saturated carbocycles. The molecule has 1 fully saturated rings. The molecule has 0 aromatic heterocycles. The van der Waals surface area contributed by atoms with Crippen molar-refractivity contribution in [2.75, 3.05) is 13.2 Å². The van der Waals surface area contributed by atoms with Gasteiger partial charge in [-0.2, -0.15) is 0 Å². The van der Waals surface area contributed by atoms with Crippen LogP contribution in [0.5, 0.6) is 5.75 Å². The number of carbonyl (C=O) groups is 2. The van der Waals surface area contributed by atoms with E-state index in [1.165, 1.54) is 24.3 Å². The number of carbonyl (C=O) groups excluding carboxylic acids is 2. The molecule has 2 rings (SSSR count). The Balaban J connectivity index is 1.65. The van der Waals surface area contributed by atoms with Gasteiger partial charge in [0.1, 0.15) is 11.6 Å². The second-order valence-electron chi connectivity index (χ2n) is 4.66. The van der Waals surface area contributed by atoms with Crippen molar-refractivity contribution in [3.05, 3.63) is 30.1 Å². The Bertz CT molecular complexity index is 466. The molecule has 6 heteroatoms. The molecule has 1 saturated heterocycles. The van der Waals surface area contributed by atoms with Crippen LogP contribution in [-0.2, 0) is 9.59 Å². The minimum absolute atomic E-state index is 0.00831. The van der Waals surface area contributed by atoms with Gasteiger partial charge in [-0.25, -0.2) is 4.39 Å². The van der Waals surface area contributed by atoms with E-state index in [-0.39, 0.29) is 36.7 Å². The minimum atomic E-state index is -0.325. The fraction of sp³-hybridized carbons (Fsp3) is 0.429. The van der Waals surface area contributed by atoms with Crippen LogP contribution in [0.1, 0.15) is 19.3 Å². The van der Waals surface area contributed by atoms with E-state index in [9.17, 15) is 14.0 Å². The van der Waals surface area contributed by atoms with Gasteiger partial charge >= 0.3 is 0 Å². The lowest BCUT2D eigenvalue weighted by Gasteiger charge is -2.23. The van der Waals surface area contributed by atoms with E-state index in [0.717, 1.165) is 0 Å². The number of amides is 2. The van der Waals surface area contributed by atoms with E-state index >= 15 is 0 Å². The SMILES string of the molecule is O=C1CCC(NC(=O)CCOc2ccc(F)cc2)CN1. The Labute approximate surface area is 116 Å². The molecule has 0 bridgehead atoms. The van der Waals surface area contributed by atoms with Gasteiger partial charge in [-0.1, -0.05) is 0 Å². The molecule has 1 aromatic carbocycles. The number of nitrogens with one attached hydrogen (secondary N) is 2. The summed E-state index contributed by atoms with van der Waals surface area (Å²) in [6, 6.07) is 5.64. The molecule has 1 heterocycles. The first-order chi connectivity index (χ1) is 9.63. The first-order valence-corrected chi connectivity index (χ1v) is 6.58. The molecule has 20 heavy (non-hydrogen) atoms. The quantitative estimate of drug-likeness (QED) is 0.845. The van der Waals surface area contributed by atoms with Crippen molar-refractivity contribution in [3.63, 3.8) is 0 Å². The molecule has 1 aliphatic rings. The van der Waals surface area contributed by atoms with Crippen molar-refractivity contribution in [1.82, 2.24) is 10.6 Å². The summed E-state index contributed by atoms with van der Waals surface area (Å²) in [4.78, 5) is 22.7. The molecule has 5 nitrogen and oxygen atoms in total. The maximum Gasteiger partial charge on any atom is 0.223 e. The van der Waals surface area contributed by atoms with Crippen LogP contribution in [0.2, 0.25) is 0 Å². The van der Waals surface area contributed by atoms with Crippen molar-refractivity contribution in [3.8, 4) is 5.75 Å². The van der Waals surface area contributed by atoms with Gasteiger partial charge in [0.25, 0.3) is 0 Å². The summed E-state index contributed by atoms with van der Waals surface area (Å²) in [7, 11) is 0. The van der Waals surface area contributed by atoms with Gasteiger partial charge < -0.3 is 15.4 Å². The number of benzene rings is 1. The molecular formula is C14H17FN2O3. The number of hydrogen-bond acceptors (Lipinski definition) is 3. The summed E-state index contributed by atoms with van der Waals surface area (Å²) in [6.45, 7) is 0.708. The smallest absolute Gasteiger partial charge is 0.223 e. The Morgan fingerprint density at radius 3 is 2.80 bits per heavy atom. The maximum absolute atomic E-state index is 12.7. The third-order valence-electron chi connectivity index (χ3n) is 3.04. The van der Waals surface area contributed by atoms with Crippen LogP contribution >= 0.6 is 0 Å². The van der Waals surface area contributed by atoms with Gasteiger partial charge in [0.2, 0.25) is 11.8 Å². The molecule has 2 N–H and O–H groups in total. The third-order valence-corrected chi connectivity index (χ3v) is 3.04. The van der Waals surface area contributed by atoms with Crippen LogP contribution in [0, 0.1) is 5.82 Å². The monoisotopic (exact) mass is 280 g/mol. The van der Waals surface area contributed by atoms with Crippen molar-refractivity contribution >= 4 is 11.8 Å². The molecule has 2 amide bonds. The molecule has 1 atom stereocenters. The third kappa shape index (κ3) is 4.53. The molecule has 1 aliphatic heterocycles. The van der Waals surface area contributed by atoms with Crippen molar-refractivity contribution in [1.29, 1.82) is 0 Å². The van der Waals surface area contributed by atoms with E-state index in [2.05, 4.69) is 10.6 Å². The van der Waals surface area contributed by atoms with Crippen LogP contribution in [0.25, 0.3) is 0 Å². The van der Waals surface area contributed by atoms with Gasteiger partial charge in [0.05, 0.1) is 13.0 Å². The van der Waals surface area contributed by atoms with Crippen LogP contribution < -0.4 is 15.4 Å². The van der Waals surface area contributed by atoms with E-state index in [4.69, 9.17) is 4.74 Å². The molecule has 0 radical (unpaired) electrons. The summed E-state index contributed by atoms with van der Waals surface area (Å²) in [5.74, 6) is 0.113. The maximum atomic E-state index is 12.7. The molecule has 1 aromatic rings. The van der Waals surface area contributed by atoms with Crippen LogP contribution in [0.3, 0.4) is 0 Å². The summed E-state index contributed by atoms with van der Waals surface area (Å²) >= 11 is 0. The number of halogens is 1. The summed E-state index contributed by atoms with van der Waals surface area (Å²) in [5, 5.41) is 5.55. The average molecular weight is 280 g/mol. The largest absolute Gasteiger partial charge is 0.493 e. The predicted molar refractivity (Wildman–Crippen MR) is 70.7 cm³/mol. The normalized spacial score (nSPS) is 18.2. The predicted octanol–water partition coefficient (Wildman–Crippen LogP) is 0.989. The van der Waals surface area contributed by atoms with Crippen molar-refractivity contribution < 1.29 is 18.7 Å². The first kappa shape index (κ1) is 14.3. The Morgan fingerprint density at radius 2 is 2.15 bits per heavy atom. The Morgan fingerprint density at radius 1 is 1.40 bits per heavy atom. The van der Waals surface area contributed by atoms with Gasteiger partial charge in [-0.3, -0.25) is 9.59 Å². The van der Waals surface area contributed by atoms with E-state index in [1.54, 1.807) is 0 Å². The highest BCUT2D eigenvalue weighted by Crippen LogP contribution is 2.11. The Hall–Kier alpha value is -2.11. The summed E-state index contributed by atoms with van der Waals surface area (Å²) < 4.78 is 18.0. The van der Waals surface area contributed by atoms with E-state index in [0.29, 0.717) is 25.1 Å². The van der Waals surface area contributed by atoms with Crippen LogP contribution in [-0.4, -0.2) is 31.0 Å². The lowest BCUT2D eigenvalue weighted by atomic mass is 10.1. The van der Waals surface area contributed by atoms with Crippen molar-refractivity contribution in [2.45, 2.75) is 25.3 Å². The number of piperidine rings is 1. The lowest BCUT2D eigenvalue weighted by Crippen LogP contribution is -2.47. The lowest BCUT2D eigenvalue weighted by molar-refractivity contribution is -0.125. The summed E-state index contributed by atoms with van der Waals surface area (Å²) in [6.07, 6.45) is 1.33. The standard InChI is InChI=1S/C14H17FN2O3/c15-10-1-4-12(5-2-10)20-8-7-14(19)17-11-3-6-13(18)16-9-11/h1-2,4-5,11H,3,6-9H2,(H,16,18)(H,17,19). The molecule has 108 valence electrons.